The number of carbonyl (C=O) groups excluding carboxylic acids is 3. The fraction of sp³-hybridized carbons (Fsp3) is 0.455. The average molecular weight is 298 g/mol. The van der Waals surface area contributed by atoms with Gasteiger partial charge in [-0.05, 0) is 0 Å². The van der Waals surface area contributed by atoms with Crippen LogP contribution < -0.4 is 5.32 Å². The van der Waals surface area contributed by atoms with Gasteiger partial charge >= 0.3 is 5.97 Å². The van der Waals surface area contributed by atoms with Gasteiger partial charge in [-0.2, -0.15) is 5.10 Å². The standard InChI is InChI=1S/C11H14N4O4S/c1-19-11(18)5-15-3-8(2-12-15)13-9(16)4-14-7-20-6-10(14)17/h2-3H,4-7H2,1H3,(H,13,16). The van der Waals surface area contributed by atoms with Gasteiger partial charge in [0.15, 0.2) is 0 Å². The van der Waals surface area contributed by atoms with E-state index in [4.69, 9.17) is 0 Å². The van der Waals surface area contributed by atoms with Crippen molar-refractivity contribution in [2.75, 3.05) is 30.6 Å². The summed E-state index contributed by atoms with van der Waals surface area (Å²) >= 11 is 1.48. The molecule has 0 aromatic carbocycles. The molecule has 1 saturated heterocycles. The number of anilines is 1. The van der Waals surface area contributed by atoms with Crippen LogP contribution in [0.3, 0.4) is 0 Å². The first-order valence-corrected chi connectivity index (χ1v) is 6.98. The van der Waals surface area contributed by atoms with Gasteiger partial charge in [0, 0.05) is 6.20 Å². The third kappa shape index (κ3) is 3.73. The zero-order valence-electron chi connectivity index (χ0n) is 10.9. The van der Waals surface area contributed by atoms with Crippen LogP contribution in [-0.4, -0.2) is 57.7 Å². The highest BCUT2D eigenvalue weighted by Gasteiger charge is 2.22. The van der Waals surface area contributed by atoms with Gasteiger partial charge in [-0.15, -0.1) is 11.8 Å². The number of aromatic nitrogens is 2. The maximum atomic E-state index is 11.8. The molecule has 0 atom stereocenters. The van der Waals surface area contributed by atoms with Crippen molar-refractivity contribution in [2.45, 2.75) is 6.54 Å². The minimum absolute atomic E-state index is 0.0202. The molecule has 1 aliphatic heterocycles. The van der Waals surface area contributed by atoms with Gasteiger partial charge in [0.1, 0.15) is 13.1 Å². The van der Waals surface area contributed by atoms with Crippen LogP contribution in [0.15, 0.2) is 12.4 Å². The molecule has 1 N–H and O–H groups in total. The molecule has 0 unspecified atom stereocenters. The molecule has 2 rings (SSSR count). The Kier molecular flexibility index (Phi) is 4.61. The molecule has 0 spiro atoms. The van der Waals surface area contributed by atoms with Crippen LogP contribution in [-0.2, 0) is 25.7 Å². The minimum Gasteiger partial charge on any atom is -0.468 e. The van der Waals surface area contributed by atoms with Gasteiger partial charge < -0.3 is 15.0 Å². The van der Waals surface area contributed by atoms with Crippen molar-refractivity contribution < 1.29 is 19.1 Å². The zero-order valence-corrected chi connectivity index (χ0v) is 11.7. The molecule has 108 valence electrons. The molecule has 0 saturated carbocycles. The minimum atomic E-state index is -0.425. The summed E-state index contributed by atoms with van der Waals surface area (Å²) in [5, 5.41) is 6.54. The van der Waals surface area contributed by atoms with Crippen molar-refractivity contribution in [1.29, 1.82) is 0 Å². The average Bonchev–Trinajstić information content (AvgIpc) is 3.00. The van der Waals surface area contributed by atoms with Gasteiger partial charge in [-0.3, -0.25) is 19.1 Å². The Bertz CT molecular complexity index is 530. The fourth-order valence-corrected chi connectivity index (χ4v) is 2.53. The van der Waals surface area contributed by atoms with E-state index < -0.39 is 5.97 Å². The second-order valence-electron chi connectivity index (χ2n) is 4.12. The summed E-state index contributed by atoms with van der Waals surface area (Å²) in [7, 11) is 1.29. The number of amides is 2. The fourth-order valence-electron chi connectivity index (χ4n) is 1.63. The summed E-state index contributed by atoms with van der Waals surface area (Å²) in [4.78, 5) is 35.7. The van der Waals surface area contributed by atoms with Crippen molar-refractivity contribution in [3.63, 3.8) is 0 Å². The number of hydrogen-bond acceptors (Lipinski definition) is 6. The normalized spacial score (nSPS) is 14.4. The quantitative estimate of drug-likeness (QED) is 0.739. The number of carbonyl (C=O) groups is 3. The van der Waals surface area contributed by atoms with Gasteiger partial charge in [0.05, 0.1) is 30.6 Å². The summed E-state index contributed by atoms with van der Waals surface area (Å²) in [6.07, 6.45) is 2.96. The molecule has 2 heterocycles. The van der Waals surface area contributed by atoms with E-state index >= 15 is 0 Å². The molecule has 9 heteroatoms. The molecule has 1 aliphatic rings. The third-order valence-electron chi connectivity index (χ3n) is 2.60. The van der Waals surface area contributed by atoms with E-state index in [0.29, 0.717) is 17.3 Å². The maximum Gasteiger partial charge on any atom is 0.327 e. The molecule has 0 aliphatic carbocycles. The number of ether oxygens (including phenoxy) is 1. The van der Waals surface area contributed by atoms with Crippen molar-refractivity contribution in [3.8, 4) is 0 Å². The van der Waals surface area contributed by atoms with Crippen LogP contribution in [0.25, 0.3) is 0 Å². The molecule has 2 amide bonds. The SMILES string of the molecule is COC(=O)Cn1cc(NC(=O)CN2CSCC2=O)cn1. The van der Waals surface area contributed by atoms with E-state index in [1.54, 1.807) is 0 Å². The Morgan fingerprint density at radius 2 is 2.30 bits per heavy atom. The van der Waals surface area contributed by atoms with Crippen LogP contribution >= 0.6 is 11.8 Å². The maximum absolute atomic E-state index is 11.8. The van der Waals surface area contributed by atoms with Crippen LogP contribution in [0.1, 0.15) is 0 Å². The Hall–Kier alpha value is -2.03. The summed E-state index contributed by atoms with van der Waals surface area (Å²) in [6.45, 7) is 0.00162. The van der Waals surface area contributed by atoms with Gasteiger partial charge in [0.2, 0.25) is 11.8 Å². The second kappa shape index (κ2) is 6.42. The van der Waals surface area contributed by atoms with E-state index in [-0.39, 0.29) is 24.9 Å². The lowest BCUT2D eigenvalue weighted by atomic mass is 10.4. The Labute approximate surface area is 119 Å². The molecule has 8 nitrogen and oxygen atoms in total. The molecule has 1 fully saturated rings. The molecule has 0 bridgehead atoms. The number of methoxy groups -OCH3 is 1. The van der Waals surface area contributed by atoms with E-state index in [1.165, 1.54) is 40.8 Å². The van der Waals surface area contributed by atoms with Crippen molar-refractivity contribution >= 4 is 35.2 Å². The van der Waals surface area contributed by atoms with Crippen LogP contribution in [0.5, 0.6) is 0 Å². The molecular formula is C11H14N4O4S. The largest absolute Gasteiger partial charge is 0.468 e. The smallest absolute Gasteiger partial charge is 0.327 e. The molecule has 0 radical (unpaired) electrons. The van der Waals surface area contributed by atoms with E-state index in [1.807, 2.05) is 0 Å². The molecular weight excluding hydrogens is 284 g/mol. The second-order valence-corrected chi connectivity index (χ2v) is 5.08. The number of thioether (sulfide) groups is 1. The highest BCUT2D eigenvalue weighted by molar-refractivity contribution is 8.00. The van der Waals surface area contributed by atoms with Crippen molar-refractivity contribution in [1.82, 2.24) is 14.7 Å². The lowest BCUT2D eigenvalue weighted by Gasteiger charge is -2.13. The highest BCUT2D eigenvalue weighted by atomic mass is 32.2. The van der Waals surface area contributed by atoms with Gasteiger partial charge in [0.25, 0.3) is 0 Å². The Morgan fingerprint density at radius 1 is 1.50 bits per heavy atom. The summed E-state index contributed by atoms with van der Waals surface area (Å²) in [5.41, 5.74) is 0.471. The first kappa shape index (κ1) is 14.4. The lowest BCUT2D eigenvalue weighted by Crippen LogP contribution is -2.34. The topological polar surface area (TPSA) is 93.5 Å². The Morgan fingerprint density at radius 3 is 2.95 bits per heavy atom. The Balaban J connectivity index is 1.85. The predicted molar refractivity (Wildman–Crippen MR) is 71.9 cm³/mol. The number of nitrogens with zero attached hydrogens (tertiary/aromatic N) is 3. The van der Waals surface area contributed by atoms with E-state index in [9.17, 15) is 14.4 Å². The van der Waals surface area contributed by atoms with Crippen LogP contribution in [0, 0.1) is 0 Å². The number of esters is 1. The number of rotatable bonds is 5. The monoisotopic (exact) mass is 298 g/mol. The summed E-state index contributed by atoms with van der Waals surface area (Å²) in [6, 6.07) is 0. The summed E-state index contributed by atoms with van der Waals surface area (Å²) < 4.78 is 5.87. The first-order chi connectivity index (χ1) is 9.58. The van der Waals surface area contributed by atoms with Gasteiger partial charge in [-0.25, -0.2) is 0 Å². The lowest BCUT2D eigenvalue weighted by molar-refractivity contribution is -0.141. The van der Waals surface area contributed by atoms with E-state index in [0.717, 1.165) is 0 Å². The predicted octanol–water partition coefficient (Wildman–Crippen LogP) is -0.472. The zero-order chi connectivity index (χ0) is 14.5. The van der Waals surface area contributed by atoms with Crippen LogP contribution in [0.2, 0.25) is 0 Å². The first-order valence-electron chi connectivity index (χ1n) is 5.83. The number of nitrogens with one attached hydrogen (secondary N) is 1. The van der Waals surface area contributed by atoms with Crippen molar-refractivity contribution in [2.24, 2.45) is 0 Å². The highest BCUT2D eigenvalue weighted by Crippen LogP contribution is 2.14. The molecule has 1 aromatic heterocycles. The third-order valence-corrected chi connectivity index (χ3v) is 3.54. The molecule has 1 aromatic rings. The van der Waals surface area contributed by atoms with Crippen LogP contribution in [0.4, 0.5) is 5.69 Å². The van der Waals surface area contributed by atoms with E-state index in [2.05, 4.69) is 15.2 Å². The van der Waals surface area contributed by atoms with Gasteiger partial charge in [-0.1, -0.05) is 0 Å². The molecule has 20 heavy (non-hydrogen) atoms. The van der Waals surface area contributed by atoms with Crippen molar-refractivity contribution in [3.05, 3.63) is 12.4 Å². The summed E-state index contributed by atoms with van der Waals surface area (Å²) in [5.74, 6) is 0.203. The number of hydrogen-bond donors (Lipinski definition) is 1.